The number of halogens is 1. The van der Waals surface area contributed by atoms with Gasteiger partial charge in [-0.05, 0) is 61.9 Å². The number of aromatic nitrogens is 3. The maximum absolute atomic E-state index is 12.9. The van der Waals surface area contributed by atoms with E-state index in [-0.39, 0.29) is 5.91 Å². The summed E-state index contributed by atoms with van der Waals surface area (Å²) in [6.45, 7) is 3.82. The third-order valence-electron chi connectivity index (χ3n) is 5.05. The molecule has 0 saturated heterocycles. The first-order valence-electron chi connectivity index (χ1n) is 10.2. The number of anilines is 1. The smallest absolute Gasteiger partial charge is 0.237 e. The molecule has 1 heterocycles. The van der Waals surface area contributed by atoms with Crippen molar-refractivity contribution < 1.29 is 4.79 Å². The Hall–Kier alpha value is -3.60. The number of nitrogens with zero attached hydrogens (tertiary/aromatic N) is 4. The van der Waals surface area contributed by atoms with Crippen LogP contribution in [0.15, 0.2) is 78.0 Å². The average molecular weight is 474 g/mol. The van der Waals surface area contributed by atoms with Crippen molar-refractivity contribution in [2.24, 2.45) is 0 Å². The highest BCUT2D eigenvalue weighted by Gasteiger charge is 2.23. The van der Waals surface area contributed by atoms with Gasteiger partial charge in [-0.2, -0.15) is 5.26 Å². The van der Waals surface area contributed by atoms with Crippen LogP contribution in [0.3, 0.4) is 0 Å². The Bertz CT molecular complexity index is 1340. The van der Waals surface area contributed by atoms with Crippen LogP contribution in [0, 0.1) is 18.3 Å². The van der Waals surface area contributed by atoms with E-state index in [2.05, 4.69) is 21.6 Å². The summed E-state index contributed by atoms with van der Waals surface area (Å²) >= 11 is 7.37. The monoisotopic (exact) mass is 473 g/mol. The largest absolute Gasteiger partial charge is 0.324 e. The lowest BCUT2D eigenvalue weighted by atomic mass is 10.1. The van der Waals surface area contributed by atoms with Crippen LogP contribution in [-0.4, -0.2) is 25.9 Å². The molecule has 1 aromatic heterocycles. The maximum atomic E-state index is 12.9. The summed E-state index contributed by atoms with van der Waals surface area (Å²) in [5.74, 6) is 0.431. The Morgan fingerprint density at radius 1 is 1.06 bits per heavy atom. The Balaban J connectivity index is 1.67. The molecule has 0 aliphatic heterocycles. The number of rotatable bonds is 6. The van der Waals surface area contributed by atoms with E-state index >= 15 is 0 Å². The van der Waals surface area contributed by atoms with Crippen molar-refractivity contribution in [2.45, 2.75) is 24.3 Å². The number of amides is 1. The lowest BCUT2D eigenvalue weighted by Crippen LogP contribution is -2.23. The second-order valence-electron chi connectivity index (χ2n) is 7.34. The number of benzene rings is 3. The number of hydrogen-bond donors (Lipinski definition) is 1. The quantitative estimate of drug-likeness (QED) is 0.353. The molecule has 33 heavy (non-hydrogen) atoms. The van der Waals surface area contributed by atoms with Gasteiger partial charge >= 0.3 is 0 Å². The summed E-state index contributed by atoms with van der Waals surface area (Å²) < 4.78 is 1.95. The number of para-hydroxylation sites is 2. The SMILES string of the molecule is Cc1ccccc1-n1c(SC(C)C(=O)Nc2ccccc2C#N)nnc1-c1ccc(Cl)cc1. The lowest BCUT2D eigenvalue weighted by molar-refractivity contribution is -0.115. The fourth-order valence-corrected chi connectivity index (χ4v) is 4.29. The van der Waals surface area contributed by atoms with Gasteiger partial charge in [0.25, 0.3) is 0 Å². The molecule has 1 N–H and O–H groups in total. The summed E-state index contributed by atoms with van der Waals surface area (Å²) in [7, 11) is 0. The predicted molar refractivity (Wildman–Crippen MR) is 132 cm³/mol. The van der Waals surface area contributed by atoms with Crippen LogP contribution >= 0.6 is 23.4 Å². The summed E-state index contributed by atoms with van der Waals surface area (Å²) in [6.07, 6.45) is 0. The molecule has 0 saturated carbocycles. The predicted octanol–water partition coefficient (Wildman–Crippen LogP) is 5.89. The highest BCUT2D eigenvalue weighted by atomic mass is 35.5. The second-order valence-corrected chi connectivity index (χ2v) is 9.09. The van der Waals surface area contributed by atoms with E-state index in [0.717, 1.165) is 16.8 Å². The molecule has 164 valence electrons. The zero-order valence-electron chi connectivity index (χ0n) is 18.0. The van der Waals surface area contributed by atoms with Crippen LogP contribution in [0.5, 0.6) is 0 Å². The van der Waals surface area contributed by atoms with Crippen molar-refractivity contribution in [2.75, 3.05) is 5.32 Å². The molecule has 0 bridgehead atoms. The fraction of sp³-hybridized carbons (Fsp3) is 0.120. The first-order valence-corrected chi connectivity index (χ1v) is 11.5. The third kappa shape index (κ3) is 4.92. The van der Waals surface area contributed by atoms with E-state index in [9.17, 15) is 10.1 Å². The number of thioether (sulfide) groups is 1. The van der Waals surface area contributed by atoms with E-state index in [1.807, 2.05) is 60.0 Å². The average Bonchev–Trinajstić information content (AvgIpc) is 3.23. The second kappa shape index (κ2) is 9.90. The van der Waals surface area contributed by atoms with Crippen molar-refractivity contribution in [3.63, 3.8) is 0 Å². The minimum Gasteiger partial charge on any atom is -0.324 e. The molecule has 0 radical (unpaired) electrons. The van der Waals surface area contributed by atoms with Gasteiger partial charge in [-0.3, -0.25) is 9.36 Å². The molecule has 6 nitrogen and oxygen atoms in total. The fourth-order valence-electron chi connectivity index (χ4n) is 3.30. The normalized spacial score (nSPS) is 11.6. The highest BCUT2D eigenvalue weighted by molar-refractivity contribution is 8.00. The Morgan fingerprint density at radius 2 is 1.76 bits per heavy atom. The number of carbonyl (C=O) groups excluding carboxylic acids is 1. The van der Waals surface area contributed by atoms with E-state index < -0.39 is 5.25 Å². The van der Waals surface area contributed by atoms with Crippen LogP contribution in [0.1, 0.15) is 18.1 Å². The number of aryl methyl sites for hydroxylation is 1. The van der Waals surface area contributed by atoms with Gasteiger partial charge in [0.2, 0.25) is 5.91 Å². The Morgan fingerprint density at radius 3 is 2.48 bits per heavy atom. The lowest BCUT2D eigenvalue weighted by Gasteiger charge is -2.15. The van der Waals surface area contributed by atoms with Gasteiger partial charge in [-0.15, -0.1) is 10.2 Å². The summed E-state index contributed by atoms with van der Waals surface area (Å²) in [5, 5.41) is 21.7. The standard InChI is InChI=1S/C25H20ClN5OS/c1-16-7-3-6-10-22(16)31-23(18-11-13-20(26)14-12-18)29-30-25(31)33-17(2)24(32)28-21-9-5-4-8-19(21)15-27/h3-14,17H,1-2H3,(H,28,32). The van der Waals surface area contributed by atoms with Crippen molar-refractivity contribution in [3.05, 3.63) is 88.9 Å². The number of hydrogen-bond acceptors (Lipinski definition) is 5. The molecular weight excluding hydrogens is 454 g/mol. The summed E-state index contributed by atoms with van der Waals surface area (Å²) in [5.41, 5.74) is 3.74. The summed E-state index contributed by atoms with van der Waals surface area (Å²) in [6, 6.07) is 24.4. The van der Waals surface area contributed by atoms with Gasteiger partial charge in [0.1, 0.15) is 6.07 Å². The van der Waals surface area contributed by atoms with Crippen molar-refractivity contribution in [3.8, 4) is 23.1 Å². The van der Waals surface area contributed by atoms with Gasteiger partial charge in [-0.1, -0.05) is 53.7 Å². The maximum Gasteiger partial charge on any atom is 0.237 e. The van der Waals surface area contributed by atoms with Crippen molar-refractivity contribution >= 4 is 35.0 Å². The molecular formula is C25H20ClN5OS. The van der Waals surface area contributed by atoms with Crippen LogP contribution in [0.4, 0.5) is 5.69 Å². The minimum absolute atomic E-state index is 0.227. The molecule has 0 spiro atoms. The Kier molecular flexibility index (Phi) is 6.78. The Labute approximate surface area is 201 Å². The van der Waals surface area contributed by atoms with Gasteiger partial charge in [0.05, 0.1) is 22.2 Å². The van der Waals surface area contributed by atoms with E-state index in [1.54, 1.807) is 31.2 Å². The zero-order valence-corrected chi connectivity index (χ0v) is 19.6. The van der Waals surface area contributed by atoms with Gasteiger partial charge in [0.15, 0.2) is 11.0 Å². The van der Waals surface area contributed by atoms with E-state index in [1.165, 1.54) is 11.8 Å². The van der Waals surface area contributed by atoms with E-state index in [0.29, 0.717) is 27.3 Å². The molecule has 0 fully saturated rings. The van der Waals surface area contributed by atoms with E-state index in [4.69, 9.17) is 11.6 Å². The number of nitriles is 1. The number of nitrogens with one attached hydrogen (secondary N) is 1. The van der Waals surface area contributed by atoms with Gasteiger partial charge in [-0.25, -0.2) is 0 Å². The van der Waals surface area contributed by atoms with Gasteiger partial charge < -0.3 is 5.32 Å². The van der Waals surface area contributed by atoms with Crippen LogP contribution < -0.4 is 5.32 Å². The topological polar surface area (TPSA) is 83.6 Å². The molecule has 1 unspecified atom stereocenters. The number of carbonyl (C=O) groups is 1. The van der Waals surface area contributed by atoms with Crippen LogP contribution in [0.2, 0.25) is 5.02 Å². The molecule has 0 aliphatic carbocycles. The zero-order chi connectivity index (χ0) is 23.4. The molecule has 0 aliphatic rings. The highest BCUT2D eigenvalue weighted by Crippen LogP contribution is 2.32. The van der Waals surface area contributed by atoms with Crippen LogP contribution in [-0.2, 0) is 4.79 Å². The molecule has 1 amide bonds. The first kappa shape index (κ1) is 22.6. The molecule has 8 heteroatoms. The first-order chi connectivity index (χ1) is 16.0. The van der Waals surface area contributed by atoms with Crippen LogP contribution in [0.25, 0.3) is 17.1 Å². The van der Waals surface area contributed by atoms with Crippen molar-refractivity contribution in [1.82, 2.24) is 14.8 Å². The molecule has 3 aromatic carbocycles. The molecule has 4 aromatic rings. The molecule has 4 rings (SSSR count). The minimum atomic E-state index is -0.484. The molecule has 1 atom stereocenters. The van der Waals surface area contributed by atoms with Crippen molar-refractivity contribution in [1.29, 1.82) is 5.26 Å². The summed E-state index contributed by atoms with van der Waals surface area (Å²) in [4.78, 5) is 12.9. The van der Waals surface area contributed by atoms with Gasteiger partial charge in [0, 0.05) is 10.6 Å². The third-order valence-corrected chi connectivity index (χ3v) is 6.34.